The minimum atomic E-state index is -1.03. The summed E-state index contributed by atoms with van der Waals surface area (Å²) in [6, 6.07) is 9.26. The normalized spacial score (nSPS) is 10.8. The van der Waals surface area contributed by atoms with Crippen molar-refractivity contribution in [3.05, 3.63) is 54.1 Å². The zero-order valence-electron chi connectivity index (χ0n) is 10.2. The number of rotatable bonds is 2. The van der Waals surface area contributed by atoms with Crippen molar-refractivity contribution in [2.24, 2.45) is 0 Å². The van der Waals surface area contributed by atoms with Crippen molar-refractivity contribution >= 4 is 16.7 Å². The van der Waals surface area contributed by atoms with Gasteiger partial charge < -0.3 is 5.11 Å². The Kier molecular flexibility index (Phi) is 2.52. The van der Waals surface area contributed by atoms with E-state index in [4.69, 9.17) is 5.11 Å². The highest BCUT2D eigenvalue weighted by Gasteiger charge is 2.13. The summed E-state index contributed by atoms with van der Waals surface area (Å²) in [5, 5.41) is 15.1. The molecule has 1 N–H and O–H groups in total. The number of nitrogens with zero attached hydrogens (tertiary/aromatic N) is 3. The van der Waals surface area contributed by atoms with Gasteiger partial charge in [-0.05, 0) is 30.5 Å². The predicted molar refractivity (Wildman–Crippen MR) is 70.6 cm³/mol. The molecule has 0 spiro atoms. The van der Waals surface area contributed by atoms with E-state index in [1.165, 1.54) is 0 Å². The first-order chi connectivity index (χ1) is 9.16. The average molecular weight is 253 g/mol. The van der Waals surface area contributed by atoms with E-state index in [1.807, 2.05) is 31.2 Å². The number of benzene rings is 1. The molecule has 3 rings (SSSR count). The van der Waals surface area contributed by atoms with Gasteiger partial charge in [0.25, 0.3) is 0 Å². The van der Waals surface area contributed by atoms with Gasteiger partial charge in [0.15, 0.2) is 5.69 Å². The summed E-state index contributed by atoms with van der Waals surface area (Å²) in [4.78, 5) is 15.1. The molecular weight excluding hydrogens is 242 g/mol. The topological polar surface area (TPSA) is 68.0 Å². The molecule has 19 heavy (non-hydrogen) atoms. The van der Waals surface area contributed by atoms with Crippen molar-refractivity contribution in [3.8, 4) is 5.69 Å². The Hall–Kier alpha value is -2.69. The van der Waals surface area contributed by atoms with Crippen molar-refractivity contribution < 1.29 is 9.90 Å². The molecule has 0 saturated carbocycles. The molecule has 0 bridgehead atoms. The Morgan fingerprint density at radius 1 is 1.32 bits per heavy atom. The van der Waals surface area contributed by atoms with E-state index in [-0.39, 0.29) is 5.69 Å². The quantitative estimate of drug-likeness (QED) is 0.761. The van der Waals surface area contributed by atoms with Crippen LogP contribution < -0.4 is 0 Å². The Balaban J connectivity index is 2.27. The molecule has 3 aromatic rings. The van der Waals surface area contributed by atoms with E-state index in [9.17, 15) is 4.79 Å². The van der Waals surface area contributed by atoms with Gasteiger partial charge in [-0.3, -0.25) is 4.98 Å². The highest BCUT2D eigenvalue weighted by atomic mass is 16.4. The summed E-state index contributed by atoms with van der Waals surface area (Å²) in [7, 11) is 0. The lowest BCUT2D eigenvalue weighted by Crippen LogP contribution is -2.03. The predicted octanol–water partition coefficient (Wildman–Crippen LogP) is 2.43. The molecule has 0 amide bonds. The molecule has 0 unspecified atom stereocenters. The van der Waals surface area contributed by atoms with Crippen LogP contribution >= 0.6 is 0 Å². The summed E-state index contributed by atoms with van der Waals surface area (Å²) in [6.45, 7) is 1.83. The van der Waals surface area contributed by atoms with Crippen LogP contribution in [0.25, 0.3) is 16.5 Å². The maximum absolute atomic E-state index is 11.0. The average Bonchev–Trinajstić information content (AvgIpc) is 2.80. The highest BCUT2D eigenvalue weighted by molar-refractivity contribution is 5.90. The first-order valence-corrected chi connectivity index (χ1v) is 5.80. The Morgan fingerprint density at radius 2 is 2.16 bits per heavy atom. The van der Waals surface area contributed by atoms with Crippen LogP contribution in [0.4, 0.5) is 0 Å². The summed E-state index contributed by atoms with van der Waals surface area (Å²) >= 11 is 0. The largest absolute Gasteiger partial charge is 0.476 e. The van der Waals surface area contributed by atoms with Gasteiger partial charge >= 0.3 is 5.97 Å². The Labute approximate surface area is 109 Å². The number of aryl methyl sites for hydroxylation is 1. The van der Waals surface area contributed by atoms with Crippen molar-refractivity contribution in [3.63, 3.8) is 0 Å². The standard InChI is InChI=1S/C14H11N3O2/c1-9-7-12(14(18)19)16-17(9)13-4-2-3-10-5-6-15-8-11(10)13/h2-8H,1H3,(H,18,19). The highest BCUT2D eigenvalue weighted by Crippen LogP contribution is 2.22. The van der Waals surface area contributed by atoms with Crippen molar-refractivity contribution in [1.29, 1.82) is 0 Å². The third kappa shape index (κ3) is 1.85. The fourth-order valence-corrected chi connectivity index (χ4v) is 2.10. The Morgan fingerprint density at radius 3 is 2.89 bits per heavy atom. The van der Waals surface area contributed by atoms with E-state index in [1.54, 1.807) is 23.1 Å². The molecule has 0 saturated heterocycles. The van der Waals surface area contributed by atoms with Crippen molar-refractivity contribution in [2.75, 3.05) is 0 Å². The molecule has 2 aromatic heterocycles. The van der Waals surface area contributed by atoms with Crippen LogP contribution in [0.3, 0.4) is 0 Å². The van der Waals surface area contributed by atoms with E-state index in [2.05, 4.69) is 10.1 Å². The van der Waals surface area contributed by atoms with Crippen molar-refractivity contribution in [1.82, 2.24) is 14.8 Å². The zero-order chi connectivity index (χ0) is 13.4. The van der Waals surface area contributed by atoms with Crippen LogP contribution in [-0.2, 0) is 0 Å². The molecule has 1 aromatic carbocycles. The first-order valence-electron chi connectivity index (χ1n) is 5.80. The fraction of sp³-hybridized carbons (Fsp3) is 0.0714. The Bertz CT molecular complexity index is 772. The van der Waals surface area contributed by atoms with E-state index >= 15 is 0 Å². The van der Waals surface area contributed by atoms with Gasteiger partial charge in [-0.1, -0.05) is 12.1 Å². The van der Waals surface area contributed by atoms with Gasteiger partial charge in [0.2, 0.25) is 0 Å². The second kappa shape index (κ2) is 4.20. The maximum atomic E-state index is 11.0. The third-order valence-corrected chi connectivity index (χ3v) is 3.00. The van der Waals surface area contributed by atoms with Gasteiger partial charge in [-0.25, -0.2) is 9.48 Å². The maximum Gasteiger partial charge on any atom is 0.356 e. The minimum Gasteiger partial charge on any atom is -0.476 e. The number of carboxylic acids is 1. The van der Waals surface area contributed by atoms with Gasteiger partial charge in [0.1, 0.15) is 0 Å². The smallest absolute Gasteiger partial charge is 0.356 e. The second-order valence-corrected chi connectivity index (χ2v) is 4.26. The third-order valence-electron chi connectivity index (χ3n) is 3.00. The SMILES string of the molecule is Cc1cc(C(=O)O)nn1-c1cccc2ccncc12. The number of aromatic carboxylic acids is 1. The van der Waals surface area contributed by atoms with Crippen LogP contribution in [0.5, 0.6) is 0 Å². The minimum absolute atomic E-state index is 0.0402. The van der Waals surface area contributed by atoms with E-state index in [0.29, 0.717) is 0 Å². The van der Waals surface area contributed by atoms with E-state index < -0.39 is 5.97 Å². The van der Waals surface area contributed by atoms with Gasteiger partial charge in [-0.2, -0.15) is 5.10 Å². The number of carboxylic acid groups (broad SMARTS) is 1. The first kappa shape index (κ1) is 11.4. The number of aromatic nitrogens is 3. The second-order valence-electron chi connectivity index (χ2n) is 4.26. The number of hydrogen-bond acceptors (Lipinski definition) is 3. The van der Waals surface area contributed by atoms with Crippen molar-refractivity contribution in [2.45, 2.75) is 6.92 Å². The summed E-state index contributed by atoms with van der Waals surface area (Å²) < 4.78 is 1.63. The number of carbonyl (C=O) groups is 1. The number of hydrogen-bond donors (Lipinski definition) is 1. The zero-order valence-corrected chi connectivity index (χ0v) is 10.2. The molecule has 0 radical (unpaired) electrons. The van der Waals surface area contributed by atoms with Crippen LogP contribution in [0.2, 0.25) is 0 Å². The van der Waals surface area contributed by atoms with Crippen LogP contribution in [0.1, 0.15) is 16.2 Å². The molecule has 0 aliphatic carbocycles. The molecular formula is C14H11N3O2. The molecule has 0 atom stereocenters. The molecule has 0 fully saturated rings. The summed E-state index contributed by atoms with van der Waals surface area (Å²) in [6.07, 6.45) is 3.48. The fourth-order valence-electron chi connectivity index (χ4n) is 2.10. The van der Waals surface area contributed by atoms with Gasteiger partial charge in [-0.15, -0.1) is 0 Å². The molecule has 0 aliphatic rings. The molecule has 5 nitrogen and oxygen atoms in total. The lowest BCUT2D eigenvalue weighted by atomic mass is 10.1. The van der Waals surface area contributed by atoms with Gasteiger partial charge in [0.05, 0.1) is 5.69 Å². The molecule has 94 valence electrons. The summed E-state index contributed by atoms with van der Waals surface area (Å²) in [5.74, 6) is -1.03. The number of fused-ring (bicyclic) bond motifs is 1. The lowest BCUT2D eigenvalue weighted by Gasteiger charge is -2.07. The molecule has 0 aliphatic heterocycles. The summed E-state index contributed by atoms with van der Waals surface area (Å²) in [5.41, 5.74) is 1.64. The molecule has 5 heteroatoms. The van der Waals surface area contributed by atoms with Crippen LogP contribution in [-0.4, -0.2) is 25.8 Å². The van der Waals surface area contributed by atoms with E-state index in [0.717, 1.165) is 22.2 Å². The van der Waals surface area contributed by atoms with Crippen LogP contribution in [0.15, 0.2) is 42.7 Å². The van der Waals surface area contributed by atoms with Gasteiger partial charge in [0, 0.05) is 23.5 Å². The lowest BCUT2D eigenvalue weighted by molar-refractivity contribution is 0.0690. The van der Waals surface area contributed by atoms with Crippen LogP contribution in [0, 0.1) is 6.92 Å². The monoisotopic (exact) mass is 253 g/mol. The molecule has 2 heterocycles. The number of pyridine rings is 1.